The van der Waals surface area contributed by atoms with E-state index in [4.69, 9.17) is 4.74 Å². The SMILES string of the molecule is CCOC(=O)Cc1ccc(-c2cccc(-c3cc(Nc4cccc5ncccc45)c(=O)n(CC)n3)c2)cc1. The number of hydrogen-bond acceptors (Lipinski definition) is 6. The molecule has 0 saturated carbocycles. The average Bonchev–Trinajstić information content (AvgIpc) is 2.95. The quantitative estimate of drug-likeness (QED) is 0.261. The molecule has 3 aromatic carbocycles. The van der Waals surface area contributed by atoms with Crippen LogP contribution in [0.3, 0.4) is 0 Å². The van der Waals surface area contributed by atoms with Crippen LogP contribution >= 0.6 is 0 Å². The number of esters is 1. The number of pyridine rings is 1. The fraction of sp³-hybridized carbons (Fsp3) is 0.161. The van der Waals surface area contributed by atoms with Gasteiger partial charge in [-0.1, -0.05) is 48.5 Å². The molecule has 190 valence electrons. The lowest BCUT2D eigenvalue weighted by atomic mass is 10.00. The summed E-state index contributed by atoms with van der Waals surface area (Å²) < 4.78 is 6.51. The molecule has 2 aromatic heterocycles. The maximum absolute atomic E-state index is 13.2. The summed E-state index contributed by atoms with van der Waals surface area (Å²) in [5.74, 6) is -0.233. The third-order valence-corrected chi connectivity index (χ3v) is 6.29. The Morgan fingerprint density at radius 1 is 0.868 bits per heavy atom. The third-order valence-electron chi connectivity index (χ3n) is 6.29. The molecule has 0 fully saturated rings. The minimum atomic E-state index is -0.233. The van der Waals surface area contributed by atoms with Crippen LogP contribution in [0.4, 0.5) is 11.4 Å². The van der Waals surface area contributed by atoms with Gasteiger partial charge >= 0.3 is 5.97 Å². The molecular weight excluding hydrogens is 476 g/mol. The van der Waals surface area contributed by atoms with Crippen molar-refractivity contribution < 1.29 is 9.53 Å². The number of rotatable bonds is 8. The summed E-state index contributed by atoms with van der Waals surface area (Å²) in [7, 11) is 0. The Kier molecular flexibility index (Phi) is 7.26. The van der Waals surface area contributed by atoms with Crippen molar-refractivity contribution in [2.75, 3.05) is 11.9 Å². The van der Waals surface area contributed by atoms with Gasteiger partial charge in [0.15, 0.2) is 0 Å². The molecule has 7 heteroatoms. The smallest absolute Gasteiger partial charge is 0.310 e. The van der Waals surface area contributed by atoms with E-state index in [1.807, 2.05) is 79.7 Å². The number of ether oxygens (including phenoxy) is 1. The molecule has 0 spiro atoms. The number of aromatic nitrogens is 3. The zero-order valence-electron chi connectivity index (χ0n) is 21.3. The first-order valence-corrected chi connectivity index (χ1v) is 12.6. The fourth-order valence-corrected chi connectivity index (χ4v) is 4.40. The number of aryl methyl sites for hydroxylation is 1. The lowest BCUT2D eigenvalue weighted by Crippen LogP contribution is -2.24. The highest BCUT2D eigenvalue weighted by Gasteiger charge is 2.12. The number of fused-ring (bicyclic) bond motifs is 1. The largest absolute Gasteiger partial charge is 0.466 e. The van der Waals surface area contributed by atoms with E-state index in [1.165, 1.54) is 4.68 Å². The lowest BCUT2D eigenvalue weighted by molar-refractivity contribution is -0.142. The topological polar surface area (TPSA) is 86.1 Å². The zero-order valence-corrected chi connectivity index (χ0v) is 21.3. The minimum Gasteiger partial charge on any atom is -0.466 e. The zero-order chi connectivity index (χ0) is 26.5. The van der Waals surface area contributed by atoms with E-state index in [9.17, 15) is 9.59 Å². The Hall–Kier alpha value is -4.78. The van der Waals surface area contributed by atoms with Crippen molar-refractivity contribution in [3.05, 3.63) is 107 Å². The van der Waals surface area contributed by atoms with E-state index in [0.29, 0.717) is 24.5 Å². The molecule has 0 aliphatic rings. The van der Waals surface area contributed by atoms with Gasteiger partial charge in [-0.2, -0.15) is 5.10 Å². The van der Waals surface area contributed by atoms with Gasteiger partial charge in [0.05, 0.1) is 24.2 Å². The van der Waals surface area contributed by atoms with Crippen LogP contribution in [0.1, 0.15) is 19.4 Å². The number of hydrogen-bond donors (Lipinski definition) is 1. The number of carbonyl (C=O) groups excluding carboxylic acids is 1. The highest BCUT2D eigenvalue weighted by Crippen LogP contribution is 2.28. The molecule has 2 heterocycles. The lowest BCUT2D eigenvalue weighted by Gasteiger charge is -2.13. The summed E-state index contributed by atoms with van der Waals surface area (Å²) in [6.45, 7) is 4.52. The summed E-state index contributed by atoms with van der Waals surface area (Å²) in [6, 6.07) is 27.4. The predicted molar refractivity (Wildman–Crippen MR) is 150 cm³/mol. The third kappa shape index (κ3) is 5.32. The van der Waals surface area contributed by atoms with Crippen molar-refractivity contribution in [2.24, 2.45) is 0 Å². The van der Waals surface area contributed by atoms with Crippen LogP contribution in [-0.2, 0) is 22.5 Å². The summed E-state index contributed by atoms with van der Waals surface area (Å²) in [5, 5.41) is 8.89. The second kappa shape index (κ2) is 11.1. The molecule has 0 aliphatic heterocycles. The molecule has 0 atom stereocenters. The van der Waals surface area contributed by atoms with E-state index in [0.717, 1.165) is 38.8 Å². The van der Waals surface area contributed by atoms with Gasteiger partial charge in [-0.05, 0) is 66.9 Å². The minimum absolute atomic E-state index is 0.189. The van der Waals surface area contributed by atoms with Gasteiger partial charge in [0.25, 0.3) is 5.56 Å². The van der Waals surface area contributed by atoms with Gasteiger partial charge in [0, 0.05) is 29.4 Å². The van der Waals surface area contributed by atoms with Crippen LogP contribution in [0, 0.1) is 0 Å². The molecule has 0 bridgehead atoms. The van der Waals surface area contributed by atoms with Crippen LogP contribution in [-0.4, -0.2) is 27.3 Å². The number of benzene rings is 3. The first-order chi connectivity index (χ1) is 18.6. The van der Waals surface area contributed by atoms with Gasteiger partial charge in [0.2, 0.25) is 0 Å². The Labute approximate surface area is 220 Å². The highest BCUT2D eigenvalue weighted by atomic mass is 16.5. The second-order valence-electron chi connectivity index (χ2n) is 8.82. The van der Waals surface area contributed by atoms with Gasteiger partial charge in [-0.25, -0.2) is 4.68 Å². The van der Waals surface area contributed by atoms with E-state index in [2.05, 4.69) is 21.5 Å². The van der Waals surface area contributed by atoms with Crippen LogP contribution < -0.4 is 10.9 Å². The molecular formula is C31H28N4O3. The summed E-state index contributed by atoms with van der Waals surface area (Å²) in [4.78, 5) is 29.4. The van der Waals surface area contributed by atoms with E-state index < -0.39 is 0 Å². The fourth-order valence-electron chi connectivity index (χ4n) is 4.40. The Balaban J connectivity index is 1.48. The van der Waals surface area contributed by atoms with E-state index >= 15 is 0 Å². The highest BCUT2D eigenvalue weighted by molar-refractivity contribution is 5.93. The van der Waals surface area contributed by atoms with E-state index in [1.54, 1.807) is 19.2 Å². The molecule has 5 aromatic rings. The molecule has 0 unspecified atom stereocenters. The summed E-state index contributed by atoms with van der Waals surface area (Å²) in [5.41, 5.74) is 6.43. The van der Waals surface area contributed by atoms with Crippen molar-refractivity contribution >= 4 is 28.2 Å². The predicted octanol–water partition coefficient (Wildman–Crippen LogP) is 5.99. The number of nitrogens with zero attached hydrogens (tertiary/aromatic N) is 3. The van der Waals surface area contributed by atoms with E-state index in [-0.39, 0.29) is 17.9 Å². The number of anilines is 2. The van der Waals surface area contributed by atoms with Gasteiger partial charge in [0.1, 0.15) is 5.69 Å². The monoisotopic (exact) mass is 504 g/mol. The average molecular weight is 505 g/mol. The Morgan fingerprint density at radius 3 is 2.45 bits per heavy atom. The molecule has 5 rings (SSSR count). The first-order valence-electron chi connectivity index (χ1n) is 12.6. The summed E-state index contributed by atoms with van der Waals surface area (Å²) in [6.07, 6.45) is 2.00. The van der Waals surface area contributed by atoms with Gasteiger partial charge in [-0.3, -0.25) is 14.6 Å². The summed E-state index contributed by atoms with van der Waals surface area (Å²) >= 11 is 0. The normalized spacial score (nSPS) is 10.9. The van der Waals surface area contributed by atoms with Crippen LogP contribution in [0.2, 0.25) is 0 Å². The Bertz CT molecular complexity index is 1650. The first kappa shape index (κ1) is 24.9. The maximum atomic E-state index is 13.2. The molecule has 0 amide bonds. The molecule has 0 aliphatic carbocycles. The van der Waals surface area contributed by atoms with Crippen molar-refractivity contribution in [2.45, 2.75) is 26.8 Å². The van der Waals surface area contributed by atoms with Crippen molar-refractivity contribution in [1.29, 1.82) is 0 Å². The second-order valence-corrected chi connectivity index (χ2v) is 8.82. The van der Waals surface area contributed by atoms with Crippen molar-refractivity contribution in [1.82, 2.24) is 14.8 Å². The number of nitrogens with one attached hydrogen (secondary N) is 1. The van der Waals surface area contributed by atoms with Crippen LogP contribution in [0.5, 0.6) is 0 Å². The molecule has 38 heavy (non-hydrogen) atoms. The van der Waals surface area contributed by atoms with Gasteiger partial charge < -0.3 is 10.1 Å². The van der Waals surface area contributed by atoms with Crippen molar-refractivity contribution in [3.8, 4) is 22.4 Å². The standard InChI is InChI=1S/C31H28N4O3/c1-3-35-31(37)29(33-27-12-6-11-26-25(27)10-7-17-32-26)20-28(34-35)24-9-5-8-23(19-24)22-15-13-21(14-16-22)18-30(36)38-4-2/h5-17,19-20,33H,3-4,18H2,1-2H3. The van der Waals surface area contributed by atoms with Crippen LogP contribution in [0.15, 0.2) is 95.9 Å². The molecule has 1 N–H and O–H groups in total. The van der Waals surface area contributed by atoms with Crippen molar-refractivity contribution in [3.63, 3.8) is 0 Å². The molecule has 0 saturated heterocycles. The van der Waals surface area contributed by atoms with Crippen LogP contribution in [0.25, 0.3) is 33.3 Å². The molecule has 7 nitrogen and oxygen atoms in total. The number of carbonyl (C=O) groups is 1. The molecule has 0 radical (unpaired) electrons. The Morgan fingerprint density at radius 2 is 1.66 bits per heavy atom. The van der Waals surface area contributed by atoms with Gasteiger partial charge in [-0.15, -0.1) is 0 Å². The maximum Gasteiger partial charge on any atom is 0.310 e.